The third kappa shape index (κ3) is 0.338. The Bertz CT molecular complexity index is 65.0. The molecule has 0 aromatic heterocycles. The second kappa shape index (κ2) is 1.00. The van der Waals surface area contributed by atoms with Gasteiger partial charge in [0.2, 0.25) is 0 Å². The predicted molar refractivity (Wildman–Crippen MR) is 21.0 cm³/mol. The first-order valence-corrected chi connectivity index (χ1v) is 1.40. The third-order valence-electron chi connectivity index (χ3n) is 0.379. The first kappa shape index (κ1) is 2.61. The molecule has 0 unspecified atom stereocenters. The summed E-state index contributed by atoms with van der Waals surface area (Å²) in [5.74, 6) is 1.78. The maximum absolute atomic E-state index is 4.46. The summed E-state index contributed by atoms with van der Waals surface area (Å²) in [7, 11) is 0. The minimum absolute atomic E-state index is 1.57. The van der Waals surface area contributed by atoms with Crippen molar-refractivity contribution in [2.24, 2.45) is 0 Å². The molecule has 0 aromatic rings. The fourth-order valence-electron chi connectivity index (χ4n) is 0.196. The van der Waals surface area contributed by atoms with Crippen molar-refractivity contribution < 1.29 is 4.74 Å². The van der Waals surface area contributed by atoms with Crippen LogP contribution in [0.25, 0.3) is 0 Å². The molecule has 0 amide bonds. The zero-order valence-electron chi connectivity index (χ0n) is 2.64. The van der Waals surface area contributed by atoms with Gasteiger partial charge in [-0.25, -0.2) is 0 Å². The van der Waals surface area contributed by atoms with Gasteiger partial charge in [0.1, 0.15) is 0 Å². The van der Waals surface area contributed by atoms with E-state index in [1.807, 2.05) is 0 Å². The summed E-state index contributed by atoms with van der Waals surface area (Å²) < 4.78 is 4.46. The van der Waals surface area contributed by atoms with Crippen molar-refractivity contribution in [3.63, 3.8) is 0 Å². The van der Waals surface area contributed by atoms with Gasteiger partial charge in [0.05, 0.1) is 0 Å². The fraction of sp³-hybridized carbons (Fsp3) is 0. The molecule has 0 bridgehead atoms. The topological polar surface area (TPSA) is 9.23 Å². The number of hydrogen-bond acceptors (Lipinski definition) is 1. The molecule has 22 valence electrons. The molecule has 2 heteroatoms. The van der Waals surface area contributed by atoms with Crippen LogP contribution in [0.5, 0.6) is 0 Å². The Morgan fingerprint density at radius 1 is 1.80 bits per heavy atom. The Hall–Kier alpha value is -0.615. The molecular formula is C3H2BO+. The molecule has 0 spiro atoms. The summed E-state index contributed by atoms with van der Waals surface area (Å²) in [4.78, 5) is 0. The second-order valence-electron chi connectivity index (χ2n) is 0.731. The summed E-state index contributed by atoms with van der Waals surface area (Å²) in [5, 5.41) is 0. The third-order valence-corrected chi connectivity index (χ3v) is 0.379. The van der Waals surface area contributed by atoms with E-state index < -0.39 is 0 Å². The van der Waals surface area contributed by atoms with Crippen molar-refractivity contribution >= 4 is 13.1 Å². The summed E-state index contributed by atoms with van der Waals surface area (Å²) in [6, 6.07) is 0. The summed E-state index contributed by atoms with van der Waals surface area (Å²) in [6.07, 6.45) is 4.06. The van der Waals surface area contributed by atoms with Gasteiger partial charge in [-0.2, -0.15) is 0 Å². The molecule has 0 atom stereocenters. The standard InChI is InChI=1S/C3H2BO/c1-2-5-3-4-1/h1-2H/q+1. The van der Waals surface area contributed by atoms with Gasteiger partial charge < -0.3 is 0 Å². The van der Waals surface area contributed by atoms with E-state index in [-0.39, 0.29) is 0 Å². The summed E-state index contributed by atoms with van der Waals surface area (Å²) >= 11 is 0. The fourth-order valence-corrected chi connectivity index (χ4v) is 0.196. The molecule has 5 heavy (non-hydrogen) atoms. The molecular weight excluding hydrogens is 62.8 g/mol. The maximum atomic E-state index is 4.46. The zero-order chi connectivity index (χ0) is 3.54. The van der Waals surface area contributed by atoms with Crippen LogP contribution >= 0.6 is 0 Å². The molecule has 0 N–H and O–H groups in total. The molecule has 0 aromatic carbocycles. The average molecular weight is 64.9 g/mol. The molecule has 1 rings (SSSR count). The van der Waals surface area contributed by atoms with Crippen LogP contribution in [-0.2, 0) is 4.74 Å². The van der Waals surface area contributed by atoms with E-state index in [2.05, 4.69) is 10.9 Å². The van der Waals surface area contributed by atoms with Gasteiger partial charge in [-0.3, -0.25) is 0 Å². The molecule has 0 radical (unpaired) electrons. The molecule has 1 aliphatic rings. The molecule has 0 saturated carbocycles. The van der Waals surface area contributed by atoms with Crippen molar-refractivity contribution in [1.82, 2.24) is 0 Å². The van der Waals surface area contributed by atoms with Gasteiger partial charge in [0, 0.05) is 0 Å². The molecule has 0 saturated heterocycles. The van der Waals surface area contributed by atoms with Crippen molar-refractivity contribution in [2.75, 3.05) is 0 Å². The van der Waals surface area contributed by atoms with E-state index in [1.54, 1.807) is 19.2 Å². The van der Waals surface area contributed by atoms with Crippen LogP contribution in [0.1, 0.15) is 0 Å². The minimum atomic E-state index is 1.57. The van der Waals surface area contributed by atoms with E-state index in [4.69, 9.17) is 0 Å². The summed E-state index contributed by atoms with van der Waals surface area (Å²) in [6.45, 7) is 1.71. The van der Waals surface area contributed by atoms with Gasteiger partial charge >= 0.3 is 30.0 Å². The molecule has 1 nitrogen and oxygen atoms in total. The Morgan fingerprint density at radius 3 is 3.00 bits per heavy atom. The molecule has 0 fully saturated rings. The van der Waals surface area contributed by atoms with Crippen LogP contribution in [0.3, 0.4) is 0 Å². The predicted octanol–water partition coefficient (Wildman–Crippen LogP) is -0.171. The Kier molecular flexibility index (Phi) is 0.523. The van der Waals surface area contributed by atoms with Crippen LogP contribution < -0.4 is 0 Å². The van der Waals surface area contributed by atoms with Crippen molar-refractivity contribution in [3.05, 3.63) is 12.2 Å². The van der Waals surface area contributed by atoms with Crippen LogP contribution in [0.15, 0.2) is 12.2 Å². The van der Waals surface area contributed by atoms with Gasteiger partial charge in [0.25, 0.3) is 0 Å². The average Bonchev–Trinajstić information content (AvgIpc) is 1.76. The van der Waals surface area contributed by atoms with Gasteiger partial charge in [-0.05, 0) is 0 Å². The molecule has 1 heterocycles. The number of rotatable bonds is 0. The number of hydrogen-bond donors (Lipinski definition) is 0. The van der Waals surface area contributed by atoms with Crippen LogP contribution in [-0.4, -0.2) is 13.1 Å². The van der Waals surface area contributed by atoms with Gasteiger partial charge in [-0.15, -0.1) is 0 Å². The van der Waals surface area contributed by atoms with E-state index >= 15 is 0 Å². The van der Waals surface area contributed by atoms with Crippen LogP contribution in [0.4, 0.5) is 0 Å². The van der Waals surface area contributed by atoms with Crippen LogP contribution in [0.2, 0.25) is 0 Å². The monoisotopic (exact) mass is 65.0 g/mol. The van der Waals surface area contributed by atoms with Crippen LogP contribution in [0, 0.1) is 0 Å². The Balaban J connectivity index is 2.61. The first-order valence-electron chi connectivity index (χ1n) is 1.40. The van der Waals surface area contributed by atoms with E-state index in [1.165, 1.54) is 0 Å². The van der Waals surface area contributed by atoms with E-state index in [0.717, 1.165) is 0 Å². The summed E-state index contributed by atoms with van der Waals surface area (Å²) in [5.41, 5.74) is 0. The van der Waals surface area contributed by atoms with E-state index in [0.29, 0.717) is 0 Å². The quantitative estimate of drug-likeness (QED) is 0.281. The van der Waals surface area contributed by atoms with Crippen molar-refractivity contribution in [1.29, 1.82) is 0 Å². The Labute approximate surface area is 31.2 Å². The second-order valence-corrected chi connectivity index (χ2v) is 0.731. The molecule has 0 aliphatic carbocycles. The molecule has 1 aliphatic heterocycles. The van der Waals surface area contributed by atoms with Gasteiger partial charge in [-0.1, -0.05) is 0 Å². The SMILES string of the molecule is B1=[C+]OC=C1. The zero-order valence-corrected chi connectivity index (χ0v) is 2.64. The normalized spacial score (nSPS) is 12.8. The van der Waals surface area contributed by atoms with Crippen molar-refractivity contribution in [3.8, 4) is 0 Å². The van der Waals surface area contributed by atoms with E-state index in [9.17, 15) is 0 Å². The van der Waals surface area contributed by atoms with Crippen molar-refractivity contribution in [2.45, 2.75) is 0 Å². The van der Waals surface area contributed by atoms with Gasteiger partial charge in [0.15, 0.2) is 0 Å². The number of ether oxygens (including phenoxy) is 1. The first-order chi connectivity index (χ1) is 2.50. The Morgan fingerprint density at radius 2 is 2.80 bits per heavy atom.